The Morgan fingerprint density at radius 2 is 1.97 bits per heavy atom. The molecule has 1 atom stereocenters. The van der Waals surface area contributed by atoms with Crippen LogP contribution in [-0.4, -0.2) is 49.2 Å². The summed E-state index contributed by atoms with van der Waals surface area (Å²) in [5.74, 6) is -0.926. The molecule has 4 rings (SSSR count). The summed E-state index contributed by atoms with van der Waals surface area (Å²) in [6.45, 7) is 8.78. The van der Waals surface area contributed by atoms with Crippen LogP contribution in [0.1, 0.15) is 38.3 Å². The van der Waals surface area contributed by atoms with E-state index in [4.69, 9.17) is 9.47 Å². The molecule has 0 saturated carbocycles. The minimum absolute atomic E-state index is 0.155. The molecule has 0 spiro atoms. The van der Waals surface area contributed by atoms with Crippen molar-refractivity contribution in [1.82, 2.24) is 9.88 Å². The van der Waals surface area contributed by atoms with Crippen LogP contribution in [-0.2, 0) is 21.3 Å². The van der Waals surface area contributed by atoms with Gasteiger partial charge in [0, 0.05) is 31.1 Å². The van der Waals surface area contributed by atoms with Crippen LogP contribution < -0.4 is 9.04 Å². The van der Waals surface area contributed by atoms with Crippen LogP contribution in [0, 0.1) is 12.7 Å². The Hall–Kier alpha value is -3.02. The van der Waals surface area contributed by atoms with E-state index in [0.29, 0.717) is 16.4 Å². The van der Waals surface area contributed by atoms with Crippen molar-refractivity contribution in [2.24, 2.45) is 0 Å². The van der Waals surface area contributed by atoms with Crippen molar-refractivity contribution in [2.75, 3.05) is 17.4 Å². The number of aromatic nitrogens is 1. The molecule has 1 aliphatic heterocycles. The molecule has 0 bridgehead atoms. The number of amides is 1. The van der Waals surface area contributed by atoms with Gasteiger partial charge in [-0.3, -0.25) is 4.90 Å². The van der Waals surface area contributed by atoms with Crippen molar-refractivity contribution in [3.05, 3.63) is 70.3 Å². The van der Waals surface area contributed by atoms with Crippen molar-refractivity contribution in [3.63, 3.8) is 0 Å². The maximum absolute atomic E-state index is 15.3. The zero-order valence-electron chi connectivity index (χ0n) is 21.2. The van der Waals surface area contributed by atoms with Gasteiger partial charge in [0.2, 0.25) is 0 Å². The van der Waals surface area contributed by atoms with Crippen LogP contribution >= 0.6 is 11.3 Å². The molecule has 1 aliphatic rings. The number of nitrogens with zero attached hydrogens (tertiary/aromatic N) is 3. The third kappa shape index (κ3) is 6.46. The lowest BCUT2D eigenvalue weighted by Crippen LogP contribution is -2.41. The highest BCUT2D eigenvalue weighted by atomic mass is 32.2. The highest BCUT2D eigenvalue weighted by Crippen LogP contribution is 2.32. The van der Waals surface area contributed by atoms with Crippen molar-refractivity contribution in [3.8, 4) is 5.75 Å². The summed E-state index contributed by atoms with van der Waals surface area (Å²) < 4.78 is 54.1. The lowest BCUT2D eigenvalue weighted by Gasteiger charge is -2.26. The van der Waals surface area contributed by atoms with E-state index >= 15 is 4.39 Å². The van der Waals surface area contributed by atoms with Crippen LogP contribution in [0.2, 0.25) is 0 Å². The first-order chi connectivity index (χ1) is 17.4. The quantitative estimate of drug-likeness (QED) is 0.393. The van der Waals surface area contributed by atoms with Gasteiger partial charge in [0.15, 0.2) is 5.82 Å². The molecule has 11 heteroatoms. The van der Waals surface area contributed by atoms with E-state index in [1.165, 1.54) is 22.5 Å². The number of anilines is 1. The number of benzene rings is 2. The number of hydrogen-bond acceptors (Lipinski definition) is 8. The standard InChI is InChI=1S/C26H30FN3O5S2/c1-18-12-23(37(32,33)30(24-16-36-17-28-24)25(31)35-26(2,3)4)21(27)13-22(18)34-20-10-11-29(15-20)14-19-8-6-5-7-9-19/h5-9,12-13,16-17,20H,10-11,14-15H2,1-4H3/t20-/m0/s1. The maximum Gasteiger partial charge on any atom is 0.430 e. The maximum atomic E-state index is 15.3. The molecule has 8 nitrogen and oxygen atoms in total. The summed E-state index contributed by atoms with van der Waals surface area (Å²) in [6, 6.07) is 12.4. The minimum Gasteiger partial charge on any atom is -0.489 e. The number of hydrogen-bond donors (Lipinski definition) is 0. The number of carbonyl (C=O) groups is 1. The van der Waals surface area contributed by atoms with E-state index < -0.39 is 32.4 Å². The number of thiazole rings is 1. The summed E-state index contributed by atoms with van der Waals surface area (Å²) in [4.78, 5) is 18.4. The van der Waals surface area contributed by atoms with Gasteiger partial charge in [-0.2, -0.15) is 0 Å². The third-order valence-electron chi connectivity index (χ3n) is 5.71. The van der Waals surface area contributed by atoms with Crippen LogP contribution in [0.25, 0.3) is 0 Å². The molecule has 0 N–H and O–H groups in total. The predicted octanol–water partition coefficient (Wildman–Crippen LogP) is 5.37. The van der Waals surface area contributed by atoms with Crippen molar-refractivity contribution in [2.45, 2.75) is 57.3 Å². The lowest BCUT2D eigenvalue weighted by molar-refractivity contribution is 0.0608. The van der Waals surface area contributed by atoms with Gasteiger partial charge in [0.25, 0.3) is 10.0 Å². The first-order valence-electron chi connectivity index (χ1n) is 11.8. The number of ether oxygens (including phenoxy) is 2. The van der Waals surface area contributed by atoms with Crippen LogP contribution in [0.4, 0.5) is 15.0 Å². The van der Waals surface area contributed by atoms with Gasteiger partial charge >= 0.3 is 6.09 Å². The van der Waals surface area contributed by atoms with Gasteiger partial charge in [-0.05, 0) is 51.3 Å². The van der Waals surface area contributed by atoms with E-state index in [2.05, 4.69) is 22.0 Å². The Balaban J connectivity index is 1.54. The monoisotopic (exact) mass is 547 g/mol. The molecule has 1 aromatic heterocycles. The first-order valence-corrected chi connectivity index (χ1v) is 14.2. The summed E-state index contributed by atoms with van der Waals surface area (Å²) in [5.41, 5.74) is 2.05. The van der Waals surface area contributed by atoms with E-state index in [9.17, 15) is 13.2 Å². The number of aryl methyl sites for hydroxylation is 1. The third-order valence-corrected chi connectivity index (χ3v) is 7.97. The molecular formula is C26H30FN3O5S2. The summed E-state index contributed by atoms with van der Waals surface area (Å²) in [6.07, 6.45) is -0.553. The second-order valence-corrected chi connectivity index (χ2v) is 12.4. The zero-order chi connectivity index (χ0) is 26.8. The molecule has 37 heavy (non-hydrogen) atoms. The van der Waals surface area contributed by atoms with Crippen molar-refractivity contribution < 1.29 is 27.1 Å². The van der Waals surface area contributed by atoms with E-state index in [1.807, 2.05) is 18.2 Å². The summed E-state index contributed by atoms with van der Waals surface area (Å²) >= 11 is 1.10. The van der Waals surface area contributed by atoms with Gasteiger partial charge in [0.05, 0.1) is 5.51 Å². The molecule has 1 fully saturated rings. The molecule has 2 heterocycles. The average molecular weight is 548 g/mol. The molecule has 1 amide bonds. The number of carbonyl (C=O) groups excluding carboxylic acids is 1. The lowest BCUT2D eigenvalue weighted by atomic mass is 10.2. The SMILES string of the molecule is Cc1cc(S(=O)(=O)N(C(=O)OC(C)(C)C)c2cscn2)c(F)cc1O[C@H]1CCN(Cc2ccccc2)C1. The minimum atomic E-state index is -4.67. The molecule has 0 radical (unpaired) electrons. The van der Waals surface area contributed by atoms with Gasteiger partial charge < -0.3 is 9.47 Å². The van der Waals surface area contributed by atoms with Gasteiger partial charge in [-0.15, -0.1) is 15.6 Å². The fourth-order valence-electron chi connectivity index (χ4n) is 4.04. The van der Waals surface area contributed by atoms with Crippen LogP contribution in [0.3, 0.4) is 0 Å². The second-order valence-electron chi connectivity index (χ2n) is 9.89. The van der Waals surface area contributed by atoms with Crippen LogP contribution in [0.5, 0.6) is 5.75 Å². The molecule has 198 valence electrons. The molecule has 2 aromatic carbocycles. The fourth-order valence-corrected chi connectivity index (χ4v) is 6.03. The summed E-state index contributed by atoms with van der Waals surface area (Å²) in [7, 11) is -4.67. The highest BCUT2D eigenvalue weighted by Gasteiger charge is 2.38. The van der Waals surface area contributed by atoms with E-state index in [1.54, 1.807) is 27.7 Å². The summed E-state index contributed by atoms with van der Waals surface area (Å²) in [5, 5.41) is 1.38. The van der Waals surface area contributed by atoms with Crippen LogP contribution in [0.15, 0.2) is 58.3 Å². The highest BCUT2D eigenvalue weighted by molar-refractivity contribution is 7.93. The van der Waals surface area contributed by atoms with Crippen molar-refractivity contribution in [1.29, 1.82) is 0 Å². The fraction of sp³-hybridized carbons (Fsp3) is 0.385. The van der Waals surface area contributed by atoms with Gasteiger partial charge in [-0.25, -0.2) is 22.6 Å². The first kappa shape index (κ1) is 27.0. The van der Waals surface area contributed by atoms with Crippen molar-refractivity contribution >= 4 is 33.3 Å². The molecule has 0 unspecified atom stereocenters. The Morgan fingerprint density at radius 1 is 1.24 bits per heavy atom. The largest absolute Gasteiger partial charge is 0.489 e. The Bertz CT molecular complexity index is 1340. The zero-order valence-corrected chi connectivity index (χ0v) is 22.8. The normalized spacial score (nSPS) is 16.5. The number of sulfonamides is 1. The smallest absolute Gasteiger partial charge is 0.430 e. The van der Waals surface area contributed by atoms with E-state index in [0.717, 1.165) is 36.9 Å². The second kappa shape index (κ2) is 10.8. The average Bonchev–Trinajstić information content (AvgIpc) is 3.48. The van der Waals surface area contributed by atoms with E-state index in [-0.39, 0.29) is 17.7 Å². The molecule has 1 saturated heterocycles. The molecular weight excluding hydrogens is 517 g/mol. The predicted molar refractivity (Wildman–Crippen MR) is 140 cm³/mol. The van der Waals surface area contributed by atoms with Gasteiger partial charge in [0.1, 0.15) is 28.2 Å². The number of rotatable bonds is 7. The number of likely N-dealkylation sites (tertiary alicyclic amines) is 1. The Labute approximate surface area is 220 Å². The molecule has 0 aliphatic carbocycles. The van der Waals surface area contributed by atoms with Gasteiger partial charge in [-0.1, -0.05) is 30.3 Å². The number of halogens is 1. The topological polar surface area (TPSA) is 89.0 Å². The Morgan fingerprint density at radius 3 is 2.62 bits per heavy atom. The molecule has 3 aromatic rings. The Kier molecular flexibility index (Phi) is 7.86.